The standard InChI is InChI=1S/C20H21N3O5S/c1-14-19(24)21-17-13-16(7-8-18(17)28-14)29(26,27)23-11-9-22(10-12-23)20(25)15-5-3-2-4-6-15/h2-8,13-14H,9-12H2,1H3,(H,21,24)/t14-/m1/s1. The zero-order chi connectivity index (χ0) is 20.6. The first-order valence-corrected chi connectivity index (χ1v) is 10.8. The zero-order valence-electron chi connectivity index (χ0n) is 15.9. The van der Waals surface area contributed by atoms with E-state index in [-0.39, 0.29) is 29.8 Å². The molecule has 29 heavy (non-hydrogen) atoms. The van der Waals surface area contributed by atoms with Crippen molar-refractivity contribution in [2.45, 2.75) is 17.9 Å². The van der Waals surface area contributed by atoms with Gasteiger partial charge in [0.2, 0.25) is 10.0 Å². The first-order valence-electron chi connectivity index (χ1n) is 9.32. The van der Waals surface area contributed by atoms with Gasteiger partial charge in [-0.1, -0.05) is 18.2 Å². The van der Waals surface area contributed by atoms with Crippen molar-refractivity contribution >= 4 is 27.5 Å². The van der Waals surface area contributed by atoms with E-state index in [0.717, 1.165) is 0 Å². The number of fused-ring (bicyclic) bond motifs is 1. The summed E-state index contributed by atoms with van der Waals surface area (Å²) in [6.07, 6.45) is -0.625. The maximum Gasteiger partial charge on any atom is 0.265 e. The number of nitrogens with one attached hydrogen (secondary N) is 1. The fourth-order valence-electron chi connectivity index (χ4n) is 3.39. The smallest absolute Gasteiger partial charge is 0.265 e. The topological polar surface area (TPSA) is 96.0 Å². The lowest BCUT2D eigenvalue weighted by Crippen LogP contribution is -2.50. The van der Waals surface area contributed by atoms with Gasteiger partial charge in [-0.05, 0) is 37.3 Å². The van der Waals surface area contributed by atoms with Gasteiger partial charge < -0.3 is 15.0 Å². The minimum atomic E-state index is -3.75. The molecule has 2 aromatic rings. The number of benzene rings is 2. The van der Waals surface area contributed by atoms with Crippen LogP contribution in [0.2, 0.25) is 0 Å². The molecule has 1 saturated heterocycles. The number of sulfonamides is 1. The number of hydrogen-bond donors (Lipinski definition) is 1. The summed E-state index contributed by atoms with van der Waals surface area (Å²) in [5, 5.41) is 2.67. The molecule has 0 spiro atoms. The monoisotopic (exact) mass is 415 g/mol. The molecule has 2 aromatic carbocycles. The number of ether oxygens (including phenoxy) is 1. The second kappa shape index (κ2) is 7.49. The molecule has 0 aromatic heterocycles. The number of anilines is 1. The van der Waals surface area contributed by atoms with Gasteiger partial charge in [0.05, 0.1) is 10.6 Å². The fraction of sp³-hybridized carbons (Fsp3) is 0.300. The molecule has 0 bridgehead atoms. The zero-order valence-corrected chi connectivity index (χ0v) is 16.7. The lowest BCUT2D eigenvalue weighted by Gasteiger charge is -2.34. The van der Waals surface area contributed by atoms with Crippen LogP contribution >= 0.6 is 0 Å². The van der Waals surface area contributed by atoms with Gasteiger partial charge in [0.25, 0.3) is 11.8 Å². The largest absolute Gasteiger partial charge is 0.479 e. The maximum atomic E-state index is 13.0. The van der Waals surface area contributed by atoms with Crippen molar-refractivity contribution in [3.63, 3.8) is 0 Å². The Labute approximate surface area is 169 Å². The molecule has 0 radical (unpaired) electrons. The minimum absolute atomic E-state index is 0.0811. The maximum absolute atomic E-state index is 13.0. The normalized spacial score (nSPS) is 19.8. The molecule has 0 unspecified atom stereocenters. The molecule has 1 N–H and O–H groups in total. The van der Waals surface area contributed by atoms with E-state index in [1.54, 1.807) is 42.2 Å². The van der Waals surface area contributed by atoms with Crippen molar-refractivity contribution in [1.29, 1.82) is 0 Å². The molecule has 9 heteroatoms. The van der Waals surface area contributed by atoms with Gasteiger partial charge in [-0.25, -0.2) is 8.42 Å². The van der Waals surface area contributed by atoms with Crippen molar-refractivity contribution in [3.05, 3.63) is 54.1 Å². The minimum Gasteiger partial charge on any atom is -0.479 e. The molecule has 2 aliphatic heterocycles. The molecule has 1 fully saturated rings. The molecule has 2 heterocycles. The third-order valence-corrected chi connectivity index (χ3v) is 6.96. The number of nitrogens with zero attached hydrogens (tertiary/aromatic N) is 2. The number of hydrogen-bond acceptors (Lipinski definition) is 5. The van der Waals surface area contributed by atoms with Crippen molar-refractivity contribution in [2.75, 3.05) is 31.5 Å². The Balaban J connectivity index is 1.48. The van der Waals surface area contributed by atoms with Crippen LogP contribution in [0, 0.1) is 0 Å². The van der Waals surface area contributed by atoms with E-state index in [4.69, 9.17) is 4.74 Å². The quantitative estimate of drug-likeness (QED) is 0.821. The summed E-state index contributed by atoms with van der Waals surface area (Å²) in [7, 11) is -3.75. The number of piperazine rings is 1. The van der Waals surface area contributed by atoms with Gasteiger partial charge in [-0.2, -0.15) is 4.31 Å². The summed E-state index contributed by atoms with van der Waals surface area (Å²) < 4.78 is 32.9. The summed E-state index contributed by atoms with van der Waals surface area (Å²) in [5.74, 6) is 0.0137. The van der Waals surface area contributed by atoms with Gasteiger partial charge in [0, 0.05) is 31.7 Å². The van der Waals surface area contributed by atoms with E-state index >= 15 is 0 Å². The van der Waals surface area contributed by atoms with E-state index in [0.29, 0.717) is 30.1 Å². The summed E-state index contributed by atoms with van der Waals surface area (Å²) >= 11 is 0. The summed E-state index contributed by atoms with van der Waals surface area (Å²) in [6.45, 7) is 2.67. The average molecular weight is 415 g/mol. The molecular formula is C20H21N3O5S. The van der Waals surface area contributed by atoms with Gasteiger partial charge in [0.15, 0.2) is 6.10 Å². The van der Waals surface area contributed by atoms with E-state index < -0.39 is 16.1 Å². The SMILES string of the molecule is C[C@H]1Oc2ccc(S(=O)(=O)N3CCN(C(=O)c4ccccc4)CC3)cc2NC1=O. The third-order valence-electron chi connectivity index (χ3n) is 5.07. The van der Waals surface area contributed by atoms with Gasteiger partial charge in [-0.3, -0.25) is 9.59 Å². The highest BCUT2D eigenvalue weighted by Gasteiger charge is 2.32. The van der Waals surface area contributed by atoms with E-state index in [2.05, 4.69) is 5.32 Å². The van der Waals surface area contributed by atoms with Gasteiger partial charge in [-0.15, -0.1) is 0 Å². The van der Waals surface area contributed by atoms with E-state index in [1.807, 2.05) is 6.07 Å². The van der Waals surface area contributed by atoms with Gasteiger partial charge in [0.1, 0.15) is 5.75 Å². The van der Waals surface area contributed by atoms with Gasteiger partial charge >= 0.3 is 0 Å². The Morgan fingerprint density at radius 3 is 2.45 bits per heavy atom. The molecule has 2 amide bonds. The number of rotatable bonds is 3. The van der Waals surface area contributed by atoms with Crippen molar-refractivity contribution in [1.82, 2.24) is 9.21 Å². The molecule has 152 valence electrons. The Morgan fingerprint density at radius 2 is 1.76 bits per heavy atom. The molecule has 0 saturated carbocycles. The van der Waals surface area contributed by atoms with E-state index in [1.165, 1.54) is 16.4 Å². The summed E-state index contributed by atoms with van der Waals surface area (Å²) in [6, 6.07) is 13.4. The second-order valence-electron chi connectivity index (χ2n) is 6.97. The summed E-state index contributed by atoms with van der Waals surface area (Å²) in [4.78, 5) is 26.1. The molecule has 1 atom stereocenters. The Hall–Kier alpha value is -2.91. The van der Waals surface area contributed by atoms with Crippen LogP contribution in [0.3, 0.4) is 0 Å². The highest BCUT2D eigenvalue weighted by Crippen LogP contribution is 2.33. The lowest BCUT2D eigenvalue weighted by molar-refractivity contribution is -0.122. The van der Waals surface area contributed by atoms with Crippen LogP contribution in [0.4, 0.5) is 5.69 Å². The Morgan fingerprint density at radius 1 is 1.07 bits per heavy atom. The van der Waals surface area contributed by atoms with Crippen molar-refractivity contribution in [2.24, 2.45) is 0 Å². The fourth-order valence-corrected chi connectivity index (χ4v) is 4.84. The third kappa shape index (κ3) is 3.70. The highest BCUT2D eigenvalue weighted by molar-refractivity contribution is 7.89. The Kier molecular flexibility index (Phi) is 5.01. The molecule has 0 aliphatic carbocycles. The van der Waals surface area contributed by atoms with Crippen LogP contribution in [0.1, 0.15) is 17.3 Å². The second-order valence-corrected chi connectivity index (χ2v) is 8.91. The van der Waals surface area contributed by atoms with Crippen LogP contribution in [-0.2, 0) is 14.8 Å². The van der Waals surface area contributed by atoms with Crippen LogP contribution in [-0.4, -0.2) is 61.7 Å². The molecular weight excluding hydrogens is 394 g/mol. The number of carbonyl (C=O) groups excluding carboxylic acids is 2. The highest BCUT2D eigenvalue weighted by atomic mass is 32.2. The number of carbonyl (C=O) groups is 2. The van der Waals surface area contributed by atoms with Crippen LogP contribution < -0.4 is 10.1 Å². The lowest BCUT2D eigenvalue weighted by atomic mass is 10.2. The molecule has 8 nitrogen and oxygen atoms in total. The van der Waals surface area contributed by atoms with Crippen LogP contribution in [0.25, 0.3) is 0 Å². The predicted molar refractivity (Wildman–Crippen MR) is 106 cm³/mol. The van der Waals surface area contributed by atoms with Crippen LogP contribution in [0.5, 0.6) is 5.75 Å². The first-order chi connectivity index (χ1) is 13.9. The Bertz CT molecular complexity index is 1050. The summed E-state index contributed by atoms with van der Waals surface area (Å²) in [5.41, 5.74) is 0.926. The van der Waals surface area contributed by atoms with Crippen LogP contribution in [0.15, 0.2) is 53.4 Å². The average Bonchev–Trinajstić information content (AvgIpc) is 2.74. The number of amides is 2. The first kappa shape index (κ1) is 19.4. The molecule has 4 rings (SSSR count). The predicted octanol–water partition coefficient (Wildman–Crippen LogP) is 1.55. The van der Waals surface area contributed by atoms with Crippen molar-refractivity contribution < 1.29 is 22.7 Å². The molecule has 2 aliphatic rings. The van der Waals surface area contributed by atoms with Crippen molar-refractivity contribution in [3.8, 4) is 5.75 Å². The van der Waals surface area contributed by atoms with E-state index in [9.17, 15) is 18.0 Å².